The van der Waals surface area contributed by atoms with E-state index in [9.17, 15) is 9.59 Å². The maximum absolute atomic E-state index is 11.3. The summed E-state index contributed by atoms with van der Waals surface area (Å²) in [6.45, 7) is 2.12. The molecule has 3 heteroatoms. The van der Waals surface area contributed by atoms with Crippen molar-refractivity contribution in [3.8, 4) is 0 Å². The van der Waals surface area contributed by atoms with Gasteiger partial charge in [-0.1, -0.05) is 36.4 Å². The van der Waals surface area contributed by atoms with Crippen LogP contribution in [-0.2, 0) is 9.53 Å². The third kappa shape index (κ3) is 2.88. The van der Waals surface area contributed by atoms with Crippen molar-refractivity contribution >= 4 is 29.1 Å². The van der Waals surface area contributed by atoms with E-state index >= 15 is 0 Å². The van der Waals surface area contributed by atoms with Crippen LogP contribution in [0.5, 0.6) is 0 Å². The summed E-state index contributed by atoms with van der Waals surface area (Å²) in [7, 11) is 0. The maximum atomic E-state index is 11.3. The van der Waals surface area contributed by atoms with Gasteiger partial charge >= 0.3 is 5.97 Å². The monoisotopic (exact) mass is 254 g/mol. The van der Waals surface area contributed by atoms with Crippen molar-refractivity contribution in [2.45, 2.75) is 6.92 Å². The molecule has 0 aliphatic heterocycles. The van der Waals surface area contributed by atoms with Gasteiger partial charge in [-0.2, -0.15) is 0 Å². The number of hydrogen-bond acceptors (Lipinski definition) is 3. The fourth-order valence-corrected chi connectivity index (χ4v) is 1.94. The van der Waals surface area contributed by atoms with Crippen LogP contribution in [0.2, 0.25) is 0 Å². The van der Waals surface area contributed by atoms with Gasteiger partial charge in [0.15, 0.2) is 6.29 Å². The summed E-state index contributed by atoms with van der Waals surface area (Å²) in [4.78, 5) is 22.3. The van der Waals surface area contributed by atoms with Crippen LogP contribution in [-0.4, -0.2) is 18.9 Å². The molecule has 0 unspecified atom stereocenters. The molecule has 2 aromatic rings. The second-order valence-electron chi connectivity index (χ2n) is 3.99. The summed E-state index contributed by atoms with van der Waals surface area (Å²) in [6.07, 6.45) is 3.93. The topological polar surface area (TPSA) is 43.4 Å². The average Bonchev–Trinajstić information content (AvgIpc) is 2.45. The maximum Gasteiger partial charge on any atom is 0.330 e. The zero-order valence-corrected chi connectivity index (χ0v) is 10.6. The molecule has 0 aliphatic rings. The van der Waals surface area contributed by atoms with Gasteiger partial charge in [-0.15, -0.1) is 0 Å². The molecule has 2 aromatic carbocycles. The van der Waals surface area contributed by atoms with Crippen LogP contribution in [0.1, 0.15) is 22.8 Å². The van der Waals surface area contributed by atoms with E-state index in [0.29, 0.717) is 12.2 Å². The minimum atomic E-state index is -0.369. The quantitative estimate of drug-likeness (QED) is 0.478. The zero-order chi connectivity index (χ0) is 13.7. The van der Waals surface area contributed by atoms with Crippen LogP contribution >= 0.6 is 0 Å². The summed E-state index contributed by atoms with van der Waals surface area (Å²) >= 11 is 0. The zero-order valence-electron chi connectivity index (χ0n) is 10.6. The molecule has 0 saturated heterocycles. The first kappa shape index (κ1) is 13.0. The lowest BCUT2D eigenvalue weighted by molar-refractivity contribution is -0.137. The largest absolute Gasteiger partial charge is 0.463 e. The Kier molecular flexibility index (Phi) is 4.08. The lowest BCUT2D eigenvalue weighted by Gasteiger charge is -2.04. The van der Waals surface area contributed by atoms with Crippen LogP contribution in [0, 0.1) is 0 Å². The molecule has 0 aliphatic carbocycles. The van der Waals surface area contributed by atoms with E-state index in [1.54, 1.807) is 19.1 Å². The Labute approximate surface area is 111 Å². The Hall–Kier alpha value is -2.42. The molecule has 0 bridgehead atoms. The van der Waals surface area contributed by atoms with Crippen LogP contribution < -0.4 is 0 Å². The minimum Gasteiger partial charge on any atom is -0.463 e. The highest BCUT2D eigenvalue weighted by molar-refractivity contribution is 6.02. The van der Waals surface area contributed by atoms with Crippen LogP contribution in [0.15, 0.2) is 42.5 Å². The molecule has 19 heavy (non-hydrogen) atoms. The summed E-state index contributed by atoms with van der Waals surface area (Å²) in [5, 5.41) is 1.82. The van der Waals surface area contributed by atoms with E-state index in [-0.39, 0.29) is 5.97 Å². The lowest BCUT2D eigenvalue weighted by Crippen LogP contribution is -1.98. The smallest absolute Gasteiger partial charge is 0.330 e. The van der Waals surface area contributed by atoms with Crippen molar-refractivity contribution in [1.82, 2.24) is 0 Å². The number of benzene rings is 2. The van der Waals surface area contributed by atoms with E-state index in [0.717, 1.165) is 22.6 Å². The molecule has 0 aromatic heterocycles. The van der Waals surface area contributed by atoms with Crippen molar-refractivity contribution in [3.05, 3.63) is 53.6 Å². The number of carbonyl (C=O) groups is 2. The van der Waals surface area contributed by atoms with Gasteiger partial charge in [-0.3, -0.25) is 4.79 Å². The molecule has 0 heterocycles. The summed E-state index contributed by atoms with van der Waals surface area (Å²) < 4.78 is 4.84. The van der Waals surface area contributed by atoms with Gasteiger partial charge < -0.3 is 4.74 Å². The summed E-state index contributed by atoms with van der Waals surface area (Å²) in [5.41, 5.74) is 1.53. The molecule has 2 rings (SSSR count). The van der Waals surface area contributed by atoms with Gasteiger partial charge in [0.2, 0.25) is 0 Å². The van der Waals surface area contributed by atoms with Gasteiger partial charge in [0.05, 0.1) is 6.61 Å². The first-order valence-corrected chi connectivity index (χ1v) is 6.08. The fraction of sp³-hybridized carbons (Fsp3) is 0.125. The second kappa shape index (κ2) is 5.96. The molecular formula is C16H14O3. The normalized spacial score (nSPS) is 10.8. The minimum absolute atomic E-state index is 0.355. The van der Waals surface area contributed by atoms with Crippen LogP contribution in [0.4, 0.5) is 0 Å². The van der Waals surface area contributed by atoms with Crippen molar-refractivity contribution < 1.29 is 14.3 Å². The Morgan fingerprint density at radius 1 is 1.11 bits per heavy atom. The molecule has 0 N–H and O–H groups in total. The Balaban J connectivity index is 2.45. The molecule has 0 radical (unpaired) electrons. The third-order valence-corrected chi connectivity index (χ3v) is 2.80. The molecule has 0 amide bonds. The molecule has 0 saturated carbocycles. The van der Waals surface area contributed by atoms with Crippen molar-refractivity contribution in [1.29, 1.82) is 0 Å². The lowest BCUT2D eigenvalue weighted by atomic mass is 10.00. The highest BCUT2D eigenvalue weighted by atomic mass is 16.5. The number of carbonyl (C=O) groups excluding carboxylic acids is 2. The van der Waals surface area contributed by atoms with Gasteiger partial charge in [0.1, 0.15) is 0 Å². The Morgan fingerprint density at radius 2 is 1.74 bits per heavy atom. The number of ether oxygens (including phenoxy) is 1. The van der Waals surface area contributed by atoms with Gasteiger partial charge in [-0.05, 0) is 29.3 Å². The van der Waals surface area contributed by atoms with E-state index in [1.807, 2.05) is 30.3 Å². The molecular weight excluding hydrogens is 240 g/mol. The van der Waals surface area contributed by atoms with Gasteiger partial charge in [0.25, 0.3) is 0 Å². The number of hydrogen-bond donors (Lipinski definition) is 0. The predicted molar refractivity (Wildman–Crippen MR) is 75.0 cm³/mol. The Bertz CT molecular complexity index is 641. The van der Waals surface area contributed by atoms with Gasteiger partial charge in [-0.25, -0.2) is 4.79 Å². The predicted octanol–water partition coefficient (Wildman–Crippen LogP) is 3.23. The van der Waals surface area contributed by atoms with Crippen molar-refractivity contribution in [2.75, 3.05) is 6.61 Å². The summed E-state index contributed by atoms with van der Waals surface area (Å²) in [5.74, 6) is -0.369. The number of esters is 1. The number of aldehydes is 1. The van der Waals surface area contributed by atoms with Gasteiger partial charge in [0, 0.05) is 11.6 Å². The van der Waals surface area contributed by atoms with Crippen molar-refractivity contribution in [3.63, 3.8) is 0 Å². The van der Waals surface area contributed by atoms with Crippen LogP contribution in [0.3, 0.4) is 0 Å². The average molecular weight is 254 g/mol. The SMILES string of the molecule is CCOC(=O)/C=C/c1ccc(C=O)c2ccccc12. The highest BCUT2D eigenvalue weighted by Gasteiger charge is 2.03. The van der Waals surface area contributed by atoms with Crippen molar-refractivity contribution in [2.24, 2.45) is 0 Å². The molecule has 0 spiro atoms. The Morgan fingerprint density at radius 3 is 2.37 bits per heavy atom. The van der Waals surface area contributed by atoms with E-state index in [2.05, 4.69) is 0 Å². The molecule has 0 fully saturated rings. The van der Waals surface area contributed by atoms with E-state index in [1.165, 1.54) is 6.08 Å². The number of fused-ring (bicyclic) bond motifs is 1. The summed E-state index contributed by atoms with van der Waals surface area (Å²) in [6, 6.07) is 11.2. The third-order valence-electron chi connectivity index (χ3n) is 2.80. The molecule has 3 nitrogen and oxygen atoms in total. The standard InChI is InChI=1S/C16H14O3/c1-2-19-16(18)10-9-12-7-8-13(11-17)15-6-4-3-5-14(12)15/h3-11H,2H2,1H3/b10-9+. The first-order valence-electron chi connectivity index (χ1n) is 6.08. The second-order valence-corrected chi connectivity index (χ2v) is 3.99. The van der Waals surface area contributed by atoms with E-state index < -0.39 is 0 Å². The molecule has 96 valence electrons. The highest BCUT2D eigenvalue weighted by Crippen LogP contribution is 2.22. The van der Waals surface area contributed by atoms with Crippen LogP contribution in [0.25, 0.3) is 16.8 Å². The van der Waals surface area contributed by atoms with E-state index in [4.69, 9.17) is 4.74 Å². The first-order chi connectivity index (χ1) is 9.26. The number of rotatable bonds is 4. The fourth-order valence-electron chi connectivity index (χ4n) is 1.94. The molecule has 0 atom stereocenters.